The van der Waals surface area contributed by atoms with Gasteiger partial charge in [-0.15, -0.1) is 0 Å². The van der Waals surface area contributed by atoms with E-state index in [9.17, 15) is 28.5 Å². The van der Waals surface area contributed by atoms with Gasteiger partial charge in [-0.05, 0) is 18.6 Å². The van der Waals surface area contributed by atoms with Gasteiger partial charge in [-0.2, -0.15) is 8.42 Å². The van der Waals surface area contributed by atoms with Crippen LogP contribution in [0.5, 0.6) is 17.2 Å². The van der Waals surface area contributed by atoms with E-state index in [2.05, 4.69) is 15.3 Å². The van der Waals surface area contributed by atoms with Gasteiger partial charge in [0.15, 0.2) is 17.2 Å². The first-order valence-corrected chi connectivity index (χ1v) is 11.0. The van der Waals surface area contributed by atoms with Crippen molar-refractivity contribution in [3.63, 3.8) is 0 Å². The number of hydrogen-bond acceptors (Lipinski definition) is 8. The molecule has 0 spiro atoms. The van der Waals surface area contributed by atoms with Gasteiger partial charge < -0.3 is 20.9 Å². The van der Waals surface area contributed by atoms with Crippen molar-refractivity contribution in [1.82, 2.24) is 0 Å². The Kier molecular flexibility index (Phi) is 14.4. The Balaban J connectivity index is 0. The molecule has 8 nitrogen and oxygen atoms in total. The van der Waals surface area contributed by atoms with Gasteiger partial charge in [0.25, 0.3) is 0 Å². The zero-order valence-electron chi connectivity index (χ0n) is 18.2. The predicted molar refractivity (Wildman–Crippen MR) is 105 cm³/mol. The zero-order chi connectivity index (χ0) is 21.0. The van der Waals surface area contributed by atoms with Crippen molar-refractivity contribution < 1.29 is 67.9 Å². The summed E-state index contributed by atoms with van der Waals surface area (Å²) in [4.78, 5) is 11.8. The molecular weight excluding hydrogens is 411 g/mol. The molecule has 0 aliphatic rings. The molecule has 162 valence electrons. The van der Waals surface area contributed by atoms with E-state index in [1.807, 2.05) is 0 Å². The fraction of sp³-hybridized carbons (Fsp3) is 0.632. The normalized spacial score (nSPS) is 11.1. The summed E-state index contributed by atoms with van der Waals surface area (Å²) in [5.74, 6) is -3.73. The fourth-order valence-electron chi connectivity index (χ4n) is 2.64. The molecule has 0 amide bonds. The van der Waals surface area contributed by atoms with Crippen LogP contribution in [0.15, 0.2) is 12.1 Å². The maximum absolute atomic E-state index is 11.8. The fourth-order valence-corrected chi connectivity index (χ4v) is 3.29. The standard InChI is InChI=1S/C19H30O8S.Na.H/c1-2-3-4-5-6-7-8-9-10-11-12-26-28(24,25)27-19(23)15-13-16(20)18(22)17(21)14-15;;/h13-14,20-22H,2-12H2,1H3;;/q;+1;-1. The number of unbranched alkanes of at least 4 members (excludes halogenated alkanes) is 9. The molecule has 0 unspecified atom stereocenters. The molecule has 0 saturated heterocycles. The number of benzene rings is 1. The van der Waals surface area contributed by atoms with Crippen LogP contribution in [-0.4, -0.2) is 36.3 Å². The van der Waals surface area contributed by atoms with E-state index < -0.39 is 39.2 Å². The molecule has 1 aromatic rings. The van der Waals surface area contributed by atoms with E-state index in [1.165, 1.54) is 38.5 Å². The Morgan fingerprint density at radius 1 is 0.897 bits per heavy atom. The summed E-state index contributed by atoms with van der Waals surface area (Å²) < 4.78 is 32.2. The third-order valence-electron chi connectivity index (χ3n) is 4.21. The molecule has 29 heavy (non-hydrogen) atoms. The minimum Gasteiger partial charge on any atom is -1.00 e. The van der Waals surface area contributed by atoms with Gasteiger partial charge in [-0.3, -0.25) is 0 Å². The maximum Gasteiger partial charge on any atom is 1.00 e. The number of hydrogen-bond donors (Lipinski definition) is 3. The van der Waals surface area contributed by atoms with Crippen molar-refractivity contribution in [2.75, 3.05) is 6.61 Å². The summed E-state index contributed by atoms with van der Waals surface area (Å²) in [7, 11) is -4.55. The molecule has 0 aliphatic heterocycles. The second-order valence-corrected chi connectivity index (χ2v) is 7.86. The molecule has 3 N–H and O–H groups in total. The Morgan fingerprint density at radius 3 is 1.83 bits per heavy atom. The van der Waals surface area contributed by atoms with Crippen molar-refractivity contribution in [3.8, 4) is 17.2 Å². The number of carbonyl (C=O) groups is 1. The van der Waals surface area contributed by atoms with Crippen molar-refractivity contribution in [1.29, 1.82) is 0 Å². The second-order valence-electron chi connectivity index (χ2n) is 6.65. The third kappa shape index (κ3) is 11.7. The van der Waals surface area contributed by atoms with E-state index in [1.54, 1.807) is 0 Å². The minimum absolute atomic E-state index is 0. The van der Waals surface area contributed by atoms with Crippen LogP contribution in [0.4, 0.5) is 0 Å². The first-order valence-electron chi connectivity index (χ1n) is 9.65. The average molecular weight is 443 g/mol. The van der Waals surface area contributed by atoms with Gasteiger partial charge in [-0.1, -0.05) is 64.7 Å². The van der Waals surface area contributed by atoms with Crippen LogP contribution in [0.25, 0.3) is 0 Å². The van der Waals surface area contributed by atoms with Crippen LogP contribution < -0.4 is 29.6 Å². The summed E-state index contributed by atoms with van der Waals surface area (Å²) in [6.07, 6.45) is 10.9. The SMILES string of the molecule is CCCCCCCCCCCCOS(=O)(=O)OC(=O)c1cc(O)c(O)c(O)c1.[H-].[Na+]. The summed E-state index contributed by atoms with van der Waals surface area (Å²) in [5, 5.41) is 27.9. The van der Waals surface area contributed by atoms with Crippen molar-refractivity contribution in [2.24, 2.45) is 0 Å². The van der Waals surface area contributed by atoms with Crippen molar-refractivity contribution in [3.05, 3.63) is 17.7 Å². The molecule has 0 heterocycles. The molecule has 0 bridgehead atoms. The molecule has 1 aromatic carbocycles. The number of aromatic hydroxyl groups is 3. The van der Waals surface area contributed by atoms with Crippen LogP contribution in [0, 0.1) is 0 Å². The number of rotatable bonds is 14. The average Bonchev–Trinajstić information content (AvgIpc) is 2.63. The largest absolute Gasteiger partial charge is 1.00 e. The Morgan fingerprint density at radius 2 is 1.34 bits per heavy atom. The van der Waals surface area contributed by atoms with E-state index in [4.69, 9.17) is 0 Å². The first kappa shape index (κ1) is 28.0. The Bertz CT molecular complexity index is 704. The van der Waals surface area contributed by atoms with Gasteiger partial charge in [0.2, 0.25) is 0 Å². The van der Waals surface area contributed by atoms with E-state index in [0.29, 0.717) is 6.42 Å². The first-order chi connectivity index (χ1) is 13.3. The van der Waals surface area contributed by atoms with Gasteiger partial charge in [-0.25, -0.2) is 8.98 Å². The molecule has 0 saturated carbocycles. The second kappa shape index (κ2) is 14.9. The summed E-state index contributed by atoms with van der Waals surface area (Å²) in [6, 6.07) is 1.55. The molecule has 0 aromatic heterocycles. The van der Waals surface area contributed by atoms with Crippen molar-refractivity contribution in [2.45, 2.75) is 71.1 Å². The quantitative estimate of drug-likeness (QED) is 0.223. The van der Waals surface area contributed by atoms with Crippen LogP contribution in [0.3, 0.4) is 0 Å². The molecule has 1 rings (SSSR count). The van der Waals surface area contributed by atoms with Gasteiger partial charge in [0, 0.05) is 0 Å². The van der Waals surface area contributed by atoms with Crippen LogP contribution >= 0.6 is 0 Å². The van der Waals surface area contributed by atoms with E-state index in [0.717, 1.165) is 31.4 Å². The third-order valence-corrected chi connectivity index (χ3v) is 5.02. The molecule has 0 aliphatic carbocycles. The zero-order valence-corrected chi connectivity index (χ0v) is 20.0. The Labute approximate surface area is 196 Å². The monoisotopic (exact) mass is 442 g/mol. The summed E-state index contributed by atoms with van der Waals surface area (Å²) >= 11 is 0. The molecule has 0 atom stereocenters. The van der Waals surface area contributed by atoms with Gasteiger partial charge in [0.05, 0.1) is 12.2 Å². The van der Waals surface area contributed by atoms with Gasteiger partial charge in [0.1, 0.15) is 0 Å². The maximum atomic E-state index is 11.8. The van der Waals surface area contributed by atoms with Gasteiger partial charge >= 0.3 is 45.9 Å². The number of phenolic OH excluding ortho intramolecular Hbond substituents is 3. The van der Waals surface area contributed by atoms with E-state index >= 15 is 0 Å². The number of phenols is 3. The van der Waals surface area contributed by atoms with Crippen LogP contribution in [-0.2, 0) is 18.8 Å². The summed E-state index contributed by atoms with van der Waals surface area (Å²) in [6.45, 7) is 2.09. The molecule has 0 radical (unpaired) electrons. The smallest absolute Gasteiger partial charge is 1.00 e. The van der Waals surface area contributed by atoms with Crippen LogP contribution in [0.1, 0.15) is 82.9 Å². The van der Waals surface area contributed by atoms with E-state index in [-0.39, 0.29) is 37.6 Å². The Hall–Kier alpha value is -1.00. The number of carbonyl (C=O) groups excluding carboxylic acids is 1. The minimum atomic E-state index is -4.55. The van der Waals surface area contributed by atoms with Crippen LogP contribution in [0.2, 0.25) is 0 Å². The summed E-state index contributed by atoms with van der Waals surface area (Å²) in [5.41, 5.74) is -0.445. The molecular formula is C19H31NaO8S. The van der Waals surface area contributed by atoms with Crippen molar-refractivity contribution >= 4 is 16.4 Å². The molecule has 10 heteroatoms. The predicted octanol–water partition coefficient (Wildman–Crippen LogP) is 1.26. The molecule has 0 fully saturated rings. The topological polar surface area (TPSA) is 130 Å².